The molecule has 1 aliphatic heterocycles. The van der Waals surface area contributed by atoms with Crippen LogP contribution in [0.4, 0.5) is 4.79 Å². The smallest absolute Gasteiger partial charge is 0.411 e. The summed E-state index contributed by atoms with van der Waals surface area (Å²) in [6, 6.07) is -0.736. The van der Waals surface area contributed by atoms with E-state index in [0.717, 1.165) is 0 Å². The van der Waals surface area contributed by atoms with Gasteiger partial charge in [0.25, 0.3) is 0 Å². The number of hydrogen-bond donors (Lipinski definition) is 1. The van der Waals surface area contributed by atoms with Crippen molar-refractivity contribution >= 4 is 12.1 Å². The number of nitrogens with zero attached hydrogens (tertiary/aromatic N) is 1. The van der Waals surface area contributed by atoms with E-state index in [-0.39, 0.29) is 5.92 Å². The predicted molar refractivity (Wildman–Crippen MR) is 53.5 cm³/mol. The van der Waals surface area contributed by atoms with Crippen molar-refractivity contribution in [1.29, 1.82) is 0 Å². The topological polar surface area (TPSA) is 66.8 Å². The van der Waals surface area contributed by atoms with Crippen molar-refractivity contribution < 1.29 is 19.4 Å². The van der Waals surface area contributed by atoms with E-state index in [1.165, 1.54) is 4.90 Å². The minimum Gasteiger partial charge on any atom is -0.480 e. The molecular formula is C10H17NO4. The van der Waals surface area contributed by atoms with Gasteiger partial charge in [0.05, 0.1) is 0 Å². The first-order chi connectivity index (χ1) is 6.72. The van der Waals surface area contributed by atoms with Crippen molar-refractivity contribution in [2.24, 2.45) is 5.92 Å². The summed E-state index contributed by atoms with van der Waals surface area (Å²) in [5.74, 6) is -0.977. The zero-order valence-corrected chi connectivity index (χ0v) is 9.48. The summed E-state index contributed by atoms with van der Waals surface area (Å²) in [6.07, 6.45) is -0.548. The highest BCUT2D eigenvalue weighted by Crippen LogP contribution is 2.26. The van der Waals surface area contributed by atoms with Crippen LogP contribution in [0, 0.1) is 5.92 Å². The second-order valence-corrected chi connectivity index (χ2v) is 4.89. The van der Waals surface area contributed by atoms with Crippen LogP contribution < -0.4 is 0 Å². The van der Waals surface area contributed by atoms with Gasteiger partial charge < -0.3 is 9.84 Å². The molecule has 1 saturated heterocycles. The molecule has 0 radical (unpaired) electrons. The lowest BCUT2D eigenvalue weighted by Gasteiger charge is -2.43. The van der Waals surface area contributed by atoms with Gasteiger partial charge in [0, 0.05) is 12.5 Å². The Morgan fingerprint density at radius 3 is 2.27 bits per heavy atom. The molecular weight excluding hydrogens is 198 g/mol. The Balaban J connectivity index is 2.59. The molecule has 1 heterocycles. The maximum atomic E-state index is 11.5. The molecule has 0 spiro atoms. The Bertz CT molecular complexity index is 282. The number of carbonyl (C=O) groups is 2. The molecule has 2 atom stereocenters. The Morgan fingerprint density at radius 2 is 1.93 bits per heavy atom. The summed E-state index contributed by atoms with van der Waals surface area (Å²) >= 11 is 0. The predicted octanol–water partition coefficient (Wildman–Crippen LogP) is 1.33. The average Bonchev–Trinajstić information content (AvgIpc) is 1.94. The number of likely N-dealkylation sites (tertiary alicyclic amines) is 1. The van der Waals surface area contributed by atoms with Gasteiger partial charge >= 0.3 is 12.1 Å². The van der Waals surface area contributed by atoms with Gasteiger partial charge in [-0.05, 0) is 20.8 Å². The standard InChI is InChI=1S/C10H17NO4/c1-6-5-11(7(6)8(12)13)9(14)15-10(2,3)4/h6-7H,5H2,1-4H3,(H,12,13)/t6-,7+/m0/s1. The van der Waals surface area contributed by atoms with Crippen LogP contribution in [-0.2, 0) is 9.53 Å². The molecule has 0 aromatic rings. The number of carboxylic acids is 1. The molecule has 0 saturated carbocycles. The molecule has 15 heavy (non-hydrogen) atoms. The zero-order chi connectivity index (χ0) is 11.8. The third-order valence-corrected chi connectivity index (χ3v) is 2.24. The van der Waals surface area contributed by atoms with Crippen molar-refractivity contribution in [1.82, 2.24) is 4.90 Å². The SMILES string of the molecule is C[C@H]1CN(C(=O)OC(C)(C)C)[C@H]1C(=O)O. The molecule has 86 valence electrons. The lowest BCUT2D eigenvalue weighted by atomic mass is 9.91. The van der Waals surface area contributed by atoms with Crippen LogP contribution in [0.15, 0.2) is 0 Å². The van der Waals surface area contributed by atoms with E-state index in [2.05, 4.69) is 0 Å². The Hall–Kier alpha value is -1.26. The molecule has 0 aliphatic carbocycles. The Kier molecular flexibility index (Phi) is 2.93. The van der Waals surface area contributed by atoms with Crippen molar-refractivity contribution in [2.75, 3.05) is 6.54 Å². The number of ether oxygens (including phenoxy) is 1. The van der Waals surface area contributed by atoms with Crippen LogP contribution >= 0.6 is 0 Å². The zero-order valence-electron chi connectivity index (χ0n) is 9.48. The second kappa shape index (κ2) is 3.72. The van der Waals surface area contributed by atoms with E-state index < -0.39 is 23.7 Å². The summed E-state index contributed by atoms with van der Waals surface area (Å²) in [5, 5.41) is 8.87. The van der Waals surface area contributed by atoms with Crippen molar-refractivity contribution in [3.05, 3.63) is 0 Å². The van der Waals surface area contributed by atoms with Crippen LogP contribution in [0.5, 0.6) is 0 Å². The highest BCUT2D eigenvalue weighted by atomic mass is 16.6. The number of carboxylic acid groups (broad SMARTS) is 1. The van der Waals surface area contributed by atoms with E-state index in [1.54, 1.807) is 27.7 Å². The maximum Gasteiger partial charge on any atom is 0.411 e. The molecule has 1 N–H and O–H groups in total. The van der Waals surface area contributed by atoms with Crippen LogP contribution in [-0.4, -0.2) is 40.3 Å². The number of rotatable bonds is 1. The largest absolute Gasteiger partial charge is 0.480 e. The first-order valence-electron chi connectivity index (χ1n) is 4.95. The van der Waals surface area contributed by atoms with E-state index in [0.29, 0.717) is 6.54 Å². The van der Waals surface area contributed by atoms with Crippen LogP contribution in [0.2, 0.25) is 0 Å². The van der Waals surface area contributed by atoms with Crippen LogP contribution in [0.3, 0.4) is 0 Å². The van der Waals surface area contributed by atoms with Gasteiger partial charge in [0.1, 0.15) is 11.6 Å². The summed E-state index contributed by atoms with van der Waals surface area (Å²) in [4.78, 5) is 23.6. The molecule has 5 heteroatoms. The monoisotopic (exact) mass is 215 g/mol. The highest BCUT2D eigenvalue weighted by molar-refractivity contribution is 5.82. The van der Waals surface area contributed by atoms with E-state index in [4.69, 9.17) is 9.84 Å². The lowest BCUT2D eigenvalue weighted by molar-refractivity contribution is -0.151. The molecule has 1 rings (SSSR count). The van der Waals surface area contributed by atoms with Gasteiger partial charge in [0.2, 0.25) is 0 Å². The molecule has 0 aromatic heterocycles. The average molecular weight is 215 g/mol. The third-order valence-electron chi connectivity index (χ3n) is 2.24. The summed E-state index contributed by atoms with van der Waals surface area (Å²) in [7, 11) is 0. The van der Waals surface area contributed by atoms with Gasteiger partial charge in [-0.1, -0.05) is 6.92 Å². The lowest BCUT2D eigenvalue weighted by Crippen LogP contribution is -2.61. The maximum absolute atomic E-state index is 11.5. The number of hydrogen-bond acceptors (Lipinski definition) is 3. The van der Waals surface area contributed by atoms with Crippen molar-refractivity contribution in [2.45, 2.75) is 39.3 Å². The van der Waals surface area contributed by atoms with E-state index in [9.17, 15) is 9.59 Å². The normalized spacial score (nSPS) is 25.7. The molecule has 1 amide bonds. The minimum atomic E-state index is -0.973. The first kappa shape index (κ1) is 11.8. The number of carbonyl (C=O) groups excluding carboxylic acids is 1. The molecule has 0 unspecified atom stereocenters. The fourth-order valence-corrected chi connectivity index (χ4v) is 1.58. The first-order valence-corrected chi connectivity index (χ1v) is 4.95. The van der Waals surface area contributed by atoms with Crippen LogP contribution in [0.25, 0.3) is 0 Å². The van der Waals surface area contributed by atoms with Crippen molar-refractivity contribution in [3.8, 4) is 0 Å². The summed E-state index contributed by atoms with van der Waals surface area (Å²) in [6.45, 7) is 7.52. The molecule has 0 aromatic carbocycles. The molecule has 0 bridgehead atoms. The van der Waals surface area contributed by atoms with Gasteiger partial charge in [-0.15, -0.1) is 0 Å². The number of amides is 1. The Morgan fingerprint density at radius 1 is 1.40 bits per heavy atom. The molecule has 1 fully saturated rings. The van der Waals surface area contributed by atoms with Gasteiger partial charge in [0.15, 0.2) is 0 Å². The second-order valence-electron chi connectivity index (χ2n) is 4.89. The van der Waals surface area contributed by atoms with Crippen molar-refractivity contribution in [3.63, 3.8) is 0 Å². The molecule has 1 aliphatic rings. The molecule has 5 nitrogen and oxygen atoms in total. The van der Waals surface area contributed by atoms with Gasteiger partial charge in [-0.3, -0.25) is 4.90 Å². The third kappa shape index (κ3) is 2.61. The summed E-state index contributed by atoms with van der Waals surface area (Å²) < 4.78 is 5.09. The highest BCUT2D eigenvalue weighted by Gasteiger charge is 2.45. The van der Waals surface area contributed by atoms with E-state index >= 15 is 0 Å². The Labute approximate surface area is 89.0 Å². The fraction of sp³-hybridized carbons (Fsp3) is 0.800. The minimum absolute atomic E-state index is 0.00461. The van der Waals surface area contributed by atoms with Gasteiger partial charge in [-0.25, -0.2) is 9.59 Å². The van der Waals surface area contributed by atoms with Gasteiger partial charge in [-0.2, -0.15) is 0 Å². The van der Waals surface area contributed by atoms with E-state index in [1.807, 2.05) is 0 Å². The fourth-order valence-electron chi connectivity index (χ4n) is 1.58. The summed E-state index contributed by atoms with van der Waals surface area (Å²) in [5.41, 5.74) is -0.584. The number of aliphatic carboxylic acids is 1. The van der Waals surface area contributed by atoms with Crippen LogP contribution in [0.1, 0.15) is 27.7 Å². The quantitative estimate of drug-likeness (QED) is 0.716.